The fourth-order valence-electron chi connectivity index (χ4n) is 2.54. The smallest absolute Gasteiger partial charge is 0.392 e. The molecule has 0 aromatic heterocycles. The minimum atomic E-state index is -4.36. The summed E-state index contributed by atoms with van der Waals surface area (Å²) in [6.45, 7) is -0.348. The Hall–Kier alpha value is -1.29. The molecular formula is C14H15F3O. The summed E-state index contributed by atoms with van der Waals surface area (Å²) in [6, 6.07) is 4.03. The number of aliphatic hydroxyl groups is 1. The summed E-state index contributed by atoms with van der Waals surface area (Å²) in [5.74, 6) is -0.144. The van der Waals surface area contributed by atoms with Gasteiger partial charge in [-0.15, -0.1) is 0 Å². The van der Waals surface area contributed by atoms with E-state index in [1.54, 1.807) is 6.07 Å². The lowest BCUT2D eigenvalue weighted by molar-refractivity contribution is -0.138. The van der Waals surface area contributed by atoms with Crippen LogP contribution in [0.1, 0.15) is 41.9 Å². The van der Waals surface area contributed by atoms with Crippen LogP contribution >= 0.6 is 0 Å². The number of aliphatic hydroxyl groups excluding tert-OH is 1. The molecule has 18 heavy (non-hydrogen) atoms. The van der Waals surface area contributed by atoms with Crippen LogP contribution in [-0.2, 0) is 12.8 Å². The van der Waals surface area contributed by atoms with Gasteiger partial charge in [0.25, 0.3) is 0 Å². The highest BCUT2D eigenvalue weighted by Gasteiger charge is 2.36. The van der Waals surface area contributed by atoms with Crippen LogP contribution < -0.4 is 0 Å². The summed E-state index contributed by atoms with van der Waals surface area (Å²) >= 11 is 0. The van der Waals surface area contributed by atoms with Crippen LogP contribution in [-0.4, -0.2) is 5.11 Å². The third-order valence-corrected chi connectivity index (χ3v) is 3.35. The quantitative estimate of drug-likeness (QED) is 0.792. The van der Waals surface area contributed by atoms with E-state index in [0.29, 0.717) is 18.4 Å². The van der Waals surface area contributed by atoms with Crippen molar-refractivity contribution in [2.75, 3.05) is 0 Å². The van der Waals surface area contributed by atoms with E-state index in [2.05, 4.69) is 0 Å². The Morgan fingerprint density at radius 2 is 2.00 bits per heavy atom. The van der Waals surface area contributed by atoms with Gasteiger partial charge in [-0.3, -0.25) is 0 Å². The van der Waals surface area contributed by atoms with Gasteiger partial charge in [-0.1, -0.05) is 24.3 Å². The molecule has 1 aromatic carbocycles. The van der Waals surface area contributed by atoms with Gasteiger partial charge in [0, 0.05) is 0 Å². The van der Waals surface area contributed by atoms with Crippen molar-refractivity contribution in [3.05, 3.63) is 47.0 Å². The molecule has 1 aromatic rings. The predicted molar refractivity (Wildman–Crippen MR) is 63.1 cm³/mol. The molecule has 0 saturated heterocycles. The normalized spacial score (nSPS) is 20.1. The first kappa shape index (κ1) is 13.1. The van der Waals surface area contributed by atoms with Gasteiger partial charge in [0.05, 0.1) is 12.2 Å². The minimum absolute atomic E-state index is 0.144. The van der Waals surface area contributed by atoms with E-state index >= 15 is 0 Å². The number of halogens is 3. The average Bonchev–Trinajstić information content (AvgIpc) is 2.38. The van der Waals surface area contributed by atoms with Crippen LogP contribution in [0.4, 0.5) is 13.2 Å². The zero-order valence-electron chi connectivity index (χ0n) is 9.87. The van der Waals surface area contributed by atoms with E-state index in [4.69, 9.17) is 0 Å². The van der Waals surface area contributed by atoms with Crippen molar-refractivity contribution < 1.29 is 18.3 Å². The molecule has 0 saturated carbocycles. The van der Waals surface area contributed by atoms with E-state index in [9.17, 15) is 18.3 Å². The number of allylic oxidation sites excluding steroid dienone is 2. The van der Waals surface area contributed by atoms with Crippen molar-refractivity contribution >= 4 is 0 Å². The molecule has 1 unspecified atom stereocenters. The summed E-state index contributed by atoms with van der Waals surface area (Å²) in [5.41, 5.74) is 0.0660. The van der Waals surface area contributed by atoms with Crippen LogP contribution in [0.5, 0.6) is 0 Å². The number of hydrogen-bond donors (Lipinski definition) is 1. The van der Waals surface area contributed by atoms with Gasteiger partial charge in [0.1, 0.15) is 0 Å². The zero-order chi connectivity index (χ0) is 13.2. The van der Waals surface area contributed by atoms with Gasteiger partial charge in [0.2, 0.25) is 0 Å². The first-order valence-electron chi connectivity index (χ1n) is 5.99. The van der Waals surface area contributed by atoms with Crippen molar-refractivity contribution in [1.82, 2.24) is 0 Å². The maximum Gasteiger partial charge on any atom is 0.416 e. The Morgan fingerprint density at radius 3 is 2.56 bits per heavy atom. The number of hydrogen-bond acceptors (Lipinski definition) is 1. The van der Waals surface area contributed by atoms with Gasteiger partial charge in [-0.25, -0.2) is 0 Å². The third-order valence-electron chi connectivity index (χ3n) is 3.35. The molecule has 0 heterocycles. The molecule has 1 N–H and O–H groups in total. The van der Waals surface area contributed by atoms with Crippen molar-refractivity contribution in [3.8, 4) is 0 Å². The monoisotopic (exact) mass is 256 g/mol. The highest BCUT2D eigenvalue weighted by molar-refractivity contribution is 5.40. The fraction of sp³-hybridized carbons (Fsp3) is 0.429. The molecule has 98 valence electrons. The molecule has 0 radical (unpaired) electrons. The third kappa shape index (κ3) is 2.58. The summed E-state index contributed by atoms with van der Waals surface area (Å²) in [7, 11) is 0. The van der Waals surface area contributed by atoms with Crippen molar-refractivity contribution in [1.29, 1.82) is 0 Å². The second-order valence-corrected chi connectivity index (χ2v) is 4.52. The van der Waals surface area contributed by atoms with Crippen molar-refractivity contribution in [2.24, 2.45) is 0 Å². The Kier molecular flexibility index (Phi) is 3.76. The van der Waals surface area contributed by atoms with Gasteiger partial charge in [0.15, 0.2) is 0 Å². The second-order valence-electron chi connectivity index (χ2n) is 4.52. The van der Waals surface area contributed by atoms with Crippen LogP contribution in [0.2, 0.25) is 0 Å². The SMILES string of the molecule is OCc1cccc(C(F)(F)F)c1C1CC=CCC1. The van der Waals surface area contributed by atoms with E-state index in [1.165, 1.54) is 6.07 Å². The molecule has 1 aliphatic carbocycles. The molecule has 0 amide bonds. The minimum Gasteiger partial charge on any atom is -0.392 e. The topological polar surface area (TPSA) is 20.2 Å². The lowest BCUT2D eigenvalue weighted by atomic mass is 9.82. The van der Waals surface area contributed by atoms with Crippen LogP contribution in [0.25, 0.3) is 0 Å². The standard InChI is InChI=1S/C14H15F3O/c15-14(16,17)12-8-4-7-11(9-18)13(12)10-5-2-1-3-6-10/h1-2,4,7-8,10,18H,3,5-6,9H2. The second kappa shape index (κ2) is 5.14. The van der Waals surface area contributed by atoms with Gasteiger partial charge >= 0.3 is 6.18 Å². The molecular weight excluding hydrogens is 241 g/mol. The summed E-state index contributed by atoms with van der Waals surface area (Å²) < 4.78 is 39.1. The van der Waals surface area contributed by atoms with Gasteiger partial charge < -0.3 is 5.11 Å². The van der Waals surface area contributed by atoms with Gasteiger partial charge in [-0.2, -0.15) is 13.2 Å². The van der Waals surface area contributed by atoms with Crippen molar-refractivity contribution in [3.63, 3.8) is 0 Å². The van der Waals surface area contributed by atoms with E-state index in [-0.39, 0.29) is 18.1 Å². The molecule has 0 spiro atoms. The number of benzene rings is 1. The molecule has 0 fully saturated rings. The predicted octanol–water partition coefficient (Wildman–Crippen LogP) is 4.02. The Bertz CT molecular complexity index is 449. The number of alkyl halides is 3. The zero-order valence-corrected chi connectivity index (χ0v) is 9.87. The molecule has 2 rings (SSSR count). The molecule has 1 aliphatic rings. The molecule has 4 heteroatoms. The van der Waals surface area contributed by atoms with Crippen LogP contribution in [0.3, 0.4) is 0 Å². The Labute approximate surface area is 104 Å². The summed E-state index contributed by atoms with van der Waals surface area (Å²) in [5, 5.41) is 9.25. The first-order chi connectivity index (χ1) is 8.54. The van der Waals surface area contributed by atoms with Crippen LogP contribution in [0, 0.1) is 0 Å². The van der Waals surface area contributed by atoms with E-state index < -0.39 is 11.7 Å². The van der Waals surface area contributed by atoms with Gasteiger partial charge in [-0.05, 0) is 42.4 Å². The largest absolute Gasteiger partial charge is 0.416 e. The molecule has 1 atom stereocenters. The van der Waals surface area contributed by atoms with Crippen LogP contribution in [0.15, 0.2) is 30.4 Å². The fourth-order valence-corrected chi connectivity index (χ4v) is 2.54. The maximum atomic E-state index is 13.0. The molecule has 0 aliphatic heterocycles. The maximum absolute atomic E-state index is 13.0. The molecule has 1 nitrogen and oxygen atoms in total. The Balaban J connectivity index is 2.50. The lowest BCUT2D eigenvalue weighted by Crippen LogP contribution is -2.15. The number of rotatable bonds is 2. The first-order valence-corrected chi connectivity index (χ1v) is 5.99. The van der Waals surface area contributed by atoms with E-state index in [0.717, 1.165) is 12.5 Å². The lowest BCUT2D eigenvalue weighted by Gasteiger charge is -2.25. The van der Waals surface area contributed by atoms with E-state index in [1.807, 2.05) is 12.2 Å². The Morgan fingerprint density at radius 1 is 1.22 bits per heavy atom. The highest BCUT2D eigenvalue weighted by atomic mass is 19.4. The average molecular weight is 256 g/mol. The highest BCUT2D eigenvalue weighted by Crippen LogP contribution is 2.40. The summed E-state index contributed by atoms with van der Waals surface area (Å²) in [4.78, 5) is 0. The summed E-state index contributed by atoms with van der Waals surface area (Å²) in [6.07, 6.45) is 1.66. The molecule has 0 bridgehead atoms. The van der Waals surface area contributed by atoms with Crippen molar-refractivity contribution in [2.45, 2.75) is 38.0 Å².